The summed E-state index contributed by atoms with van der Waals surface area (Å²) >= 11 is 0. The number of hydrogen-bond acceptors (Lipinski definition) is 6. The lowest BCUT2D eigenvalue weighted by Gasteiger charge is -2.37. The minimum atomic E-state index is -0.466. The summed E-state index contributed by atoms with van der Waals surface area (Å²) < 4.78 is 17.3. The van der Waals surface area contributed by atoms with Crippen molar-refractivity contribution in [1.29, 1.82) is 0 Å². The monoisotopic (exact) mass is 570 g/mol. The van der Waals surface area contributed by atoms with Crippen molar-refractivity contribution in [2.45, 2.75) is 50.6 Å². The molecule has 1 unspecified atom stereocenters. The van der Waals surface area contributed by atoms with Crippen LogP contribution in [0.5, 0.6) is 11.5 Å². The van der Waals surface area contributed by atoms with Crippen LogP contribution in [0.2, 0.25) is 0 Å². The fourth-order valence-corrected chi connectivity index (χ4v) is 6.28. The number of fused-ring (bicyclic) bond motifs is 2. The molecule has 7 rings (SSSR count). The van der Waals surface area contributed by atoms with Crippen LogP contribution in [0.1, 0.15) is 41.4 Å². The standard InChI is InChI=1S/C17H18N2O2.C16H17FN2O2/c20-15-10-14-11-19(9-8-18(14)12-16(15)21)17(6-7-17)13-4-2-1-3-5-13;17-9-14(12-4-2-1-3-5-12)19-7-6-18-11-16(21)15(20)8-13(18)10-19/h1-5,10,12,21H,6-9,11H2;1-5,8,11,14,21H,6-7,9-10H2. The number of rotatable bonds is 5. The van der Waals surface area contributed by atoms with Gasteiger partial charge in [0, 0.05) is 68.3 Å². The van der Waals surface area contributed by atoms with Gasteiger partial charge in [0.2, 0.25) is 10.9 Å². The molecule has 2 N–H and O–H groups in total. The summed E-state index contributed by atoms with van der Waals surface area (Å²) in [4.78, 5) is 27.7. The predicted molar refractivity (Wildman–Crippen MR) is 158 cm³/mol. The Labute approximate surface area is 243 Å². The van der Waals surface area contributed by atoms with Crippen molar-refractivity contribution >= 4 is 0 Å². The molecule has 4 heterocycles. The van der Waals surface area contributed by atoms with Gasteiger partial charge in [-0.05, 0) is 24.0 Å². The third-order valence-electron chi connectivity index (χ3n) is 8.76. The maximum absolute atomic E-state index is 13.5. The Bertz CT molecular complexity index is 1670. The molecule has 0 bridgehead atoms. The van der Waals surface area contributed by atoms with Gasteiger partial charge in [0.1, 0.15) is 6.67 Å². The van der Waals surface area contributed by atoms with Crippen LogP contribution in [-0.4, -0.2) is 48.9 Å². The zero-order valence-corrected chi connectivity index (χ0v) is 23.4. The smallest absolute Gasteiger partial charge is 0.223 e. The Hall–Kier alpha value is -4.21. The van der Waals surface area contributed by atoms with E-state index in [1.54, 1.807) is 12.3 Å². The molecule has 8 nitrogen and oxygen atoms in total. The Morgan fingerprint density at radius 1 is 0.738 bits per heavy atom. The van der Waals surface area contributed by atoms with Crippen LogP contribution in [0.3, 0.4) is 0 Å². The highest BCUT2D eigenvalue weighted by Gasteiger charge is 2.49. The topological polar surface area (TPSA) is 90.9 Å². The number of hydrogen-bond donors (Lipinski definition) is 2. The van der Waals surface area contributed by atoms with Crippen molar-refractivity contribution in [2.24, 2.45) is 0 Å². The van der Waals surface area contributed by atoms with Gasteiger partial charge in [0.25, 0.3) is 0 Å². The van der Waals surface area contributed by atoms with Crippen molar-refractivity contribution in [1.82, 2.24) is 18.9 Å². The number of aromatic hydroxyl groups is 2. The number of aromatic nitrogens is 2. The molecule has 0 radical (unpaired) electrons. The molecule has 1 aliphatic carbocycles. The second-order valence-electron chi connectivity index (χ2n) is 11.3. The molecule has 9 heteroatoms. The van der Waals surface area contributed by atoms with Crippen LogP contribution >= 0.6 is 0 Å². The average Bonchev–Trinajstić information content (AvgIpc) is 3.82. The molecular weight excluding hydrogens is 535 g/mol. The van der Waals surface area contributed by atoms with E-state index in [4.69, 9.17) is 0 Å². The highest BCUT2D eigenvalue weighted by molar-refractivity contribution is 5.31. The van der Waals surface area contributed by atoms with E-state index >= 15 is 0 Å². The van der Waals surface area contributed by atoms with Gasteiger partial charge in [-0.15, -0.1) is 0 Å². The van der Waals surface area contributed by atoms with Crippen molar-refractivity contribution in [2.75, 3.05) is 19.8 Å². The second-order valence-corrected chi connectivity index (χ2v) is 11.3. The van der Waals surface area contributed by atoms with E-state index in [0.29, 0.717) is 19.6 Å². The maximum atomic E-state index is 13.5. The summed E-state index contributed by atoms with van der Waals surface area (Å²) in [6.07, 6.45) is 5.39. The normalized spacial score (nSPS) is 18.2. The molecule has 4 aromatic rings. The van der Waals surface area contributed by atoms with Gasteiger partial charge < -0.3 is 19.3 Å². The summed E-state index contributed by atoms with van der Waals surface area (Å²) in [5, 5.41) is 19.0. The maximum Gasteiger partial charge on any atom is 0.223 e. The van der Waals surface area contributed by atoms with Gasteiger partial charge in [-0.2, -0.15) is 0 Å². The highest BCUT2D eigenvalue weighted by Crippen LogP contribution is 2.51. The van der Waals surface area contributed by atoms with Gasteiger partial charge in [-0.1, -0.05) is 60.7 Å². The summed E-state index contributed by atoms with van der Waals surface area (Å²) in [6, 6.07) is 22.9. The van der Waals surface area contributed by atoms with E-state index in [2.05, 4.69) is 29.2 Å². The van der Waals surface area contributed by atoms with Crippen LogP contribution in [0, 0.1) is 0 Å². The molecule has 1 atom stereocenters. The van der Waals surface area contributed by atoms with Crippen LogP contribution in [-0.2, 0) is 31.7 Å². The SMILES string of the molecule is O=c1cc2n(cc1O)CCN(C(CF)c1ccccc1)C2.O=c1cc2n(cc1O)CCN(C1(c3ccccc3)CC1)C2. The Kier molecular flexibility index (Phi) is 7.70. The van der Waals surface area contributed by atoms with Crippen LogP contribution < -0.4 is 10.9 Å². The first kappa shape index (κ1) is 27.9. The molecular formula is C33H35FN4O4. The van der Waals surface area contributed by atoms with E-state index < -0.39 is 6.67 Å². The van der Waals surface area contributed by atoms with Gasteiger partial charge >= 0.3 is 0 Å². The fraction of sp³-hybridized carbons (Fsp3) is 0.333. The van der Waals surface area contributed by atoms with Crippen molar-refractivity contribution in [3.8, 4) is 11.5 Å². The minimum Gasteiger partial charge on any atom is -0.503 e. The van der Waals surface area contributed by atoms with Gasteiger partial charge in [0.15, 0.2) is 11.5 Å². The molecule has 0 saturated heterocycles. The molecule has 2 aliphatic heterocycles. The quantitative estimate of drug-likeness (QED) is 0.375. The second kappa shape index (κ2) is 11.6. The molecule has 2 aromatic carbocycles. The van der Waals surface area contributed by atoms with Crippen molar-refractivity contribution < 1.29 is 14.6 Å². The molecule has 0 spiro atoms. The van der Waals surface area contributed by atoms with E-state index in [9.17, 15) is 24.2 Å². The molecule has 42 heavy (non-hydrogen) atoms. The number of alkyl halides is 1. The van der Waals surface area contributed by atoms with Crippen molar-refractivity contribution in [3.63, 3.8) is 0 Å². The zero-order chi connectivity index (χ0) is 29.3. The number of nitrogens with zero attached hydrogens (tertiary/aromatic N) is 4. The summed E-state index contributed by atoms with van der Waals surface area (Å²) in [7, 11) is 0. The largest absolute Gasteiger partial charge is 0.503 e. The molecule has 2 aromatic heterocycles. The van der Waals surface area contributed by atoms with E-state index in [-0.39, 0.29) is 33.9 Å². The summed E-state index contributed by atoms with van der Waals surface area (Å²) in [5.41, 5.74) is 3.59. The number of halogens is 1. The number of pyridine rings is 2. The Morgan fingerprint density at radius 3 is 1.86 bits per heavy atom. The third kappa shape index (κ3) is 5.49. The van der Waals surface area contributed by atoms with E-state index in [0.717, 1.165) is 36.6 Å². The van der Waals surface area contributed by atoms with Crippen LogP contribution in [0.4, 0.5) is 4.39 Å². The third-order valence-corrected chi connectivity index (χ3v) is 8.76. The lowest BCUT2D eigenvalue weighted by molar-refractivity contribution is 0.130. The lowest BCUT2D eigenvalue weighted by Crippen LogP contribution is -2.42. The Morgan fingerprint density at radius 2 is 1.29 bits per heavy atom. The Balaban J connectivity index is 0.000000150. The molecule has 0 amide bonds. The summed E-state index contributed by atoms with van der Waals surface area (Å²) in [5.74, 6) is -0.395. The lowest BCUT2D eigenvalue weighted by atomic mass is 10.0. The van der Waals surface area contributed by atoms with Crippen LogP contribution in [0.25, 0.3) is 0 Å². The molecule has 1 fully saturated rings. The zero-order valence-electron chi connectivity index (χ0n) is 23.4. The number of benzene rings is 2. The van der Waals surface area contributed by atoms with Gasteiger partial charge in [0.05, 0.1) is 18.4 Å². The fourth-order valence-electron chi connectivity index (χ4n) is 6.28. The minimum absolute atomic E-state index is 0.153. The van der Waals surface area contributed by atoms with Crippen molar-refractivity contribution in [3.05, 3.63) is 128 Å². The molecule has 218 valence electrons. The summed E-state index contributed by atoms with van der Waals surface area (Å²) in [6.45, 7) is 3.88. The van der Waals surface area contributed by atoms with Gasteiger partial charge in [-0.25, -0.2) is 4.39 Å². The first-order chi connectivity index (χ1) is 20.4. The molecule has 1 saturated carbocycles. The predicted octanol–water partition coefficient (Wildman–Crippen LogP) is 4.14. The van der Waals surface area contributed by atoms with E-state index in [1.165, 1.54) is 30.7 Å². The average molecular weight is 571 g/mol. The van der Waals surface area contributed by atoms with Gasteiger partial charge in [-0.3, -0.25) is 19.4 Å². The highest BCUT2D eigenvalue weighted by atomic mass is 19.1. The molecule has 3 aliphatic rings. The van der Waals surface area contributed by atoms with Crippen LogP contribution in [0.15, 0.2) is 94.8 Å². The van der Waals surface area contributed by atoms with E-state index in [1.807, 2.05) is 50.4 Å². The first-order valence-corrected chi connectivity index (χ1v) is 14.4. The first-order valence-electron chi connectivity index (χ1n) is 14.4.